The smallest absolute Gasteiger partial charge is 0.274 e. The molecule has 0 saturated carbocycles. The minimum atomic E-state index is -0.571. The first-order chi connectivity index (χ1) is 13.2. The van der Waals surface area contributed by atoms with Gasteiger partial charge in [-0.1, -0.05) is 51.1 Å². The minimum absolute atomic E-state index is 0.145. The molecule has 1 unspecified atom stereocenters. The molecule has 0 saturated heterocycles. The first-order valence-electron chi connectivity index (χ1n) is 9.11. The number of benzene rings is 2. The van der Waals surface area contributed by atoms with Crippen molar-refractivity contribution in [2.75, 3.05) is 0 Å². The van der Waals surface area contributed by atoms with E-state index in [-0.39, 0.29) is 17.4 Å². The van der Waals surface area contributed by atoms with E-state index in [0.717, 1.165) is 16.5 Å². The lowest BCUT2D eigenvalue weighted by Gasteiger charge is -2.32. The van der Waals surface area contributed by atoms with E-state index in [0.29, 0.717) is 11.1 Å². The summed E-state index contributed by atoms with van der Waals surface area (Å²) in [6, 6.07) is 14.4. The summed E-state index contributed by atoms with van der Waals surface area (Å²) >= 11 is 0. The maximum Gasteiger partial charge on any atom is 0.274 e. The zero-order chi connectivity index (χ0) is 20.5. The second kappa shape index (κ2) is 7.48. The van der Waals surface area contributed by atoms with Crippen molar-refractivity contribution in [2.24, 2.45) is 12.5 Å². The Labute approximate surface area is 164 Å². The lowest BCUT2D eigenvalue weighted by Crippen LogP contribution is -2.36. The van der Waals surface area contributed by atoms with Gasteiger partial charge in [0.2, 0.25) is 0 Å². The van der Waals surface area contributed by atoms with Crippen LogP contribution in [-0.4, -0.2) is 21.6 Å². The maximum absolute atomic E-state index is 13.1. The van der Waals surface area contributed by atoms with Crippen LogP contribution in [0.15, 0.2) is 54.7 Å². The monoisotopic (exact) mass is 379 g/mol. The third-order valence-corrected chi connectivity index (χ3v) is 4.89. The number of nitrogens with one attached hydrogen (secondary N) is 2. The number of nitrogens with zero attached hydrogens (tertiary/aromatic N) is 1. The summed E-state index contributed by atoms with van der Waals surface area (Å²) in [7, 11) is 1.92. The topological polar surface area (TPSA) is 83.4 Å². The molecule has 0 radical (unpaired) electrons. The van der Waals surface area contributed by atoms with Crippen LogP contribution in [-0.2, 0) is 7.05 Å². The third kappa shape index (κ3) is 3.77. The van der Waals surface area contributed by atoms with Crippen molar-refractivity contribution in [3.63, 3.8) is 0 Å². The van der Waals surface area contributed by atoms with Gasteiger partial charge in [-0.05, 0) is 29.2 Å². The summed E-state index contributed by atoms with van der Waals surface area (Å²) in [6.45, 7) is 6.15. The average molecular weight is 379 g/mol. The Morgan fingerprint density at radius 2 is 1.64 bits per heavy atom. The number of hydroxylamine groups is 1. The van der Waals surface area contributed by atoms with E-state index < -0.39 is 5.91 Å². The van der Waals surface area contributed by atoms with E-state index in [1.807, 2.05) is 42.1 Å². The molecule has 2 amide bonds. The summed E-state index contributed by atoms with van der Waals surface area (Å²) in [4.78, 5) is 24.7. The number of carbonyl (C=O) groups is 2. The molecular weight excluding hydrogens is 354 g/mol. The fraction of sp³-hybridized carbons (Fsp3) is 0.273. The summed E-state index contributed by atoms with van der Waals surface area (Å²) in [6.07, 6.45) is 1.84. The van der Waals surface area contributed by atoms with Crippen LogP contribution in [0.5, 0.6) is 0 Å². The second-order valence-electron chi connectivity index (χ2n) is 8.01. The van der Waals surface area contributed by atoms with Crippen LogP contribution < -0.4 is 10.8 Å². The summed E-state index contributed by atoms with van der Waals surface area (Å²) in [5, 5.41) is 12.8. The zero-order valence-corrected chi connectivity index (χ0v) is 16.5. The maximum atomic E-state index is 13.1. The molecule has 0 aliphatic carbocycles. The number of hydrogen-bond donors (Lipinski definition) is 3. The number of para-hydroxylation sites is 1. The van der Waals surface area contributed by atoms with E-state index in [9.17, 15) is 9.59 Å². The molecule has 6 nitrogen and oxygen atoms in total. The number of fused-ring (bicyclic) bond motifs is 1. The molecule has 1 aromatic heterocycles. The second-order valence-corrected chi connectivity index (χ2v) is 8.01. The molecule has 28 heavy (non-hydrogen) atoms. The van der Waals surface area contributed by atoms with E-state index in [2.05, 4.69) is 26.1 Å². The van der Waals surface area contributed by atoms with Gasteiger partial charge in [-0.25, -0.2) is 5.48 Å². The molecule has 3 aromatic rings. The number of aryl methyl sites for hydroxylation is 1. The molecule has 1 heterocycles. The molecule has 0 aliphatic rings. The van der Waals surface area contributed by atoms with E-state index in [1.165, 1.54) is 0 Å². The van der Waals surface area contributed by atoms with Crippen LogP contribution in [0.1, 0.15) is 53.1 Å². The Morgan fingerprint density at radius 3 is 2.25 bits per heavy atom. The number of amides is 2. The molecule has 3 N–H and O–H groups in total. The molecule has 3 rings (SSSR count). The normalized spacial score (nSPS) is 12.6. The quantitative estimate of drug-likeness (QED) is 0.476. The predicted octanol–water partition coefficient (Wildman–Crippen LogP) is 3.81. The lowest BCUT2D eigenvalue weighted by atomic mass is 9.82. The molecule has 0 bridgehead atoms. The molecule has 0 fully saturated rings. The van der Waals surface area contributed by atoms with Gasteiger partial charge in [-0.2, -0.15) is 0 Å². The molecular formula is C22H25N3O3. The molecule has 6 heteroatoms. The fourth-order valence-corrected chi connectivity index (χ4v) is 3.42. The zero-order valence-electron chi connectivity index (χ0n) is 16.5. The van der Waals surface area contributed by atoms with Crippen LogP contribution in [0, 0.1) is 5.41 Å². The number of hydrogen-bond acceptors (Lipinski definition) is 3. The van der Waals surface area contributed by atoms with Gasteiger partial charge in [0.25, 0.3) is 11.8 Å². The van der Waals surface area contributed by atoms with Gasteiger partial charge >= 0.3 is 0 Å². The summed E-state index contributed by atoms with van der Waals surface area (Å²) < 4.78 is 1.94. The Hall–Kier alpha value is -3.12. The van der Waals surface area contributed by atoms with Gasteiger partial charge in [-0.3, -0.25) is 14.8 Å². The SMILES string of the molecule is Cn1cc(C(=O)NC(c2ccc(C(=O)NO)cc2)C(C)(C)C)c2ccccc21. The van der Waals surface area contributed by atoms with Gasteiger partial charge in [0, 0.05) is 29.7 Å². The lowest BCUT2D eigenvalue weighted by molar-refractivity contribution is 0.0706. The standard InChI is InChI=1S/C22H25N3O3/c1-22(2,3)19(14-9-11-15(12-10-14)20(26)24-28)23-21(27)17-13-25(4)18-8-6-5-7-16(17)18/h5-13,19,28H,1-4H3,(H,23,27)(H,24,26). The van der Waals surface area contributed by atoms with Gasteiger partial charge in [0.15, 0.2) is 0 Å². The van der Waals surface area contributed by atoms with Crippen LogP contribution in [0.2, 0.25) is 0 Å². The molecule has 0 spiro atoms. The van der Waals surface area contributed by atoms with E-state index in [4.69, 9.17) is 5.21 Å². The Kier molecular flexibility index (Phi) is 5.25. The first-order valence-corrected chi connectivity index (χ1v) is 9.11. The average Bonchev–Trinajstić information content (AvgIpc) is 3.02. The van der Waals surface area contributed by atoms with Gasteiger partial charge in [0.1, 0.15) is 0 Å². The first kappa shape index (κ1) is 19.6. The van der Waals surface area contributed by atoms with Crippen molar-refractivity contribution < 1.29 is 14.8 Å². The summed E-state index contributed by atoms with van der Waals surface area (Å²) in [5.41, 5.74) is 4.23. The van der Waals surface area contributed by atoms with Crippen LogP contribution in [0.3, 0.4) is 0 Å². The highest BCUT2D eigenvalue weighted by Crippen LogP contribution is 2.33. The highest BCUT2D eigenvalue weighted by Gasteiger charge is 2.29. The highest BCUT2D eigenvalue weighted by atomic mass is 16.5. The van der Waals surface area contributed by atoms with Crippen molar-refractivity contribution in [1.82, 2.24) is 15.4 Å². The molecule has 2 aromatic carbocycles. The van der Waals surface area contributed by atoms with Crippen molar-refractivity contribution >= 4 is 22.7 Å². The Balaban J connectivity index is 1.93. The number of carbonyl (C=O) groups excluding carboxylic acids is 2. The Bertz CT molecular complexity index is 1010. The van der Waals surface area contributed by atoms with Gasteiger partial charge < -0.3 is 9.88 Å². The fourth-order valence-electron chi connectivity index (χ4n) is 3.42. The minimum Gasteiger partial charge on any atom is -0.350 e. The van der Waals surface area contributed by atoms with Crippen molar-refractivity contribution in [3.8, 4) is 0 Å². The van der Waals surface area contributed by atoms with E-state index in [1.54, 1.807) is 29.7 Å². The predicted molar refractivity (Wildman–Crippen MR) is 108 cm³/mol. The highest BCUT2D eigenvalue weighted by molar-refractivity contribution is 6.07. The van der Waals surface area contributed by atoms with E-state index >= 15 is 0 Å². The largest absolute Gasteiger partial charge is 0.350 e. The van der Waals surface area contributed by atoms with Gasteiger partial charge in [-0.15, -0.1) is 0 Å². The van der Waals surface area contributed by atoms with Crippen LogP contribution in [0.4, 0.5) is 0 Å². The molecule has 146 valence electrons. The van der Waals surface area contributed by atoms with Crippen molar-refractivity contribution in [3.05, 3.63) is 71.4 Å². The number of aromatic nitrogens is 1. The van der Waals surface area contributed by atoms with Crippen LogP contribution in [0.25, 0.3) is 10.9 Å². The third-order valence-electron chi connectivity index (χ3n) is 4.89. The number of rotatable bonds is 4. The van der Waals surface area contributed by atoms with Gasteiger partial charge in [0.05, 0.1) is 11.6 Å². The molecule has 0 aliphatic heterocycles. The van der Waals surface area contributed by atoms with Crippen molar-refractivity contribution in [1.29, 1.82) is 0 Å². The summed E-state index contributed by atoms with van der Waals surface area (Å²) in [5.74, 6) is -0.715. The Morgan fingerprint density at radius 1 is 1.00 bits per heavy atom. The van der Waals surface area contributed by atoms with Crippen LogP contribution >= 0.6 is 0 Å². The molecule has 1 atom stereocenters. The van der Waals surface area contributed by atoms with Crippen molar-refractivity contribution in [2.45, 2.75) is 26.8 Å².